The highest BCUT2D eigenvalue weighted by Gasteiger charge is 2.36. The molecule has 0 aliphatic rings. The molecular weight excluding hydrogens is 178 g/mol. The minimum absolute atomic E-state index is 0.212. The number of rotatable bonds is 7. The Labute approximate surface area is 86.9 Å². The van der Waals surface area contributed by atoms with Gasteiger partial charge in [0.25, 0.3) is 0 Å². The summed E-state index contributed by atoms with van der Waals surface area (Å²) in [5.74, 6) is -0.713. The Morgan fingerprint density at radius 2 is 1.71 bits per heavy atom. The second-order valence-corrected chi connectivity index (χ2v) is 4.19. The van der Waals surface area contributed by atoms with Gasteiger partial charge < -0.3 is 5.11 Å². The molecular formula is C11H23NO2. The average molecular weight is 201 g/mol. The summed E-state index contributed by atoms with van der Waals surface area (Å²) >= 11 is 0. The van der Waals surface area contributed by atoms with Crippen LogP contribution >= 0.6 is 0 Å². The van der Waals surface area contributed by atoms with Gasteiger partial charge in [0, 0.05) is 6.04 Å². The molecule has 3 heteroatoms. The molecule has 0 aliphatic carbocycles. The minimum Gasteiger partial charge on any atom is -0.480 e. The van der Waals surface area contributed by atoms with Crippen molar-refractivity contribution in [2.75, 3.05) is 0 Å². The maximum Gasteiger partial charge on any atom is 0.323 e. The molecule has 0 heterocycles. The van der Waals surface area contributed by atoms with Crippen LogP contribution in [0.3, 0.4) is 0 Å². The smallest absolute Gasteiger partial charge is 0.323 e. The summed E-state index contributed by atoms with van der Waals surface area (Å²) < 4.78 is 0. The van der Waals surface area contributed by atoms with Gasteiger partial charge in [-0.3, -0.25) is 10.1 Å². The molecule has 0 spiro atoms. The van der Waals surface area contributed by atoms with E-state index in [2.05, 4.69) is 5.32 Å². The topological polar surface area (TPSA) is 49.3 Å². The SMILES string of the molecule is CCCC(CCC)(NC(C)C)C(=O)O. The lowest BCUT2D eigenvalue weighted by Crippen LogP contribution is -2.54. The van der Waals surface area contributed by atoms with Crippen molar-refractivity contribution in [3.63, 3.8) is 0 Å². The molecule has 14 heavy (non-hydrogen) atoms. The van der Waals surface area contributed by atoms with Gasteiger partial charge in [0.15, 0.2) is 0 Å². The number of hydrogen-bond acceptors (Lipinski definition) is 2. The molecule has 0 aromatic rings. The number of aliphatic carboxylic acids is 1. The summed E-state index contributed by atoms with van der Waals surface area (Å²) in [4.78, 5) is 11.3. The van der Waals surface area contributed by atoms with E-state index < -0.39 is 11.5 Å². The van der Waals surface area contributed by atoms with Gasteiger partial charge in [-0.2, -0.15) is 0 Å². The highest BCUT2D eigenvalue weighted by Crippen LogP contribution is 2.20. The van der Waals surface area contributed by atoms with Gasteiger partial charge in [-0.15, -0.1) is 0 Å². The van der Waals surface area contributed by atoms with E-state index in [4.69, 9.17) is 0 Å². The van der Waals surface area contributed by atoms with E-state index in [1.807, 2.05) is 27.7 Å². The molecule has 0 aromatic heterocycles. The van der Waals surface area contributed by atoms with Gasteiger partial charge >= 0.3 is 5.97 Å². The Bertz CT molecular complexity index is 172. The van der Waals surface area contributed by atoms with E-state index in [1.54, 1.807) is 0 Å². The zero-order chi connectivity index (χ0) is 11.2. The van der Waals surface area contributed by atoms with Gasteiger partial charge in [0.1, 0.15) is 5.54 Å². The molecule has 0 unspecified atom stereocenters. The number of carboxylic acid groups (broad SMARTS) is 1. The molecule has 0 saturated carbocycles. The summed E-state index contributed by atoms with van der Waals surface area (Å²) in [7, 11) is 0. The van der Waals surface area contributed by atoms with Crippen molar-refractivity contribution in [3.8, 4) is 0 Å². The van der Waals surface area contributed by atoms with Crippen LogP contribution in [0.2, 0.25) is 0 Å². The van der Waals surface area contributed by atoms with E-state index in [9.17, 15) is 9.90 Å². The van der Waals surface area contributed by atoms with Crippen LogP contribution in [0.4, 0.5) is 0 Å². The van der Waals surface area contributed by atoms with Crippen molar-refractivity contribution >= 4 is 5.97 Å². The highest BCUT2D eigenvalue weighted by molar-refractivity contribution is 5.78. The Morgan fingerprint density at radius 3 is 1.93 bits per heavy atom. The molecule has 0 atom stereocenters. The van der Waals surface area contributed by atoms with Crippen LogP contribution < -0.4 is 5.32 Å². The van der Waals surface area contributed by atoms with Crippen LogP contribution in [0.5, 0.6) is 0 Å². The first-order valence-electron chi connectivity index (χ1n) is 5.49. The molecule has 2 N–H and O–H groups in total. The third-order valence-corrected chi connectivity index (χ3v) is 2.33. The largest absolute Gasteiger partial charge is 0.480 e. The predicted octanol–water partition coefficient (Wildman–Crippen LogP) is 2.41. The van der Waals surface area contributed by atoms with Crippen LogP contribution in [-0.4, -0.2) is 22.7 Å². The third-order valence-electron chi connectivity index (χ3n) is 2.33. The van der Waals surface area contributed by atoms with Crippen LogP contribution in [0.25, 0.3) is 0 Å². The molecule has 0 aliphatic heterocycles. The zero-order valence-corrected chi connectivity index (χ0v) is 9.76. The fourth-order valence-corrected chi connectivity index (χ4v) is 1.95. The van der Waals surface area contributed by atoms with Crippen molar-refractivity contribution in [1.82, 2.24) is 5.32 Å². The lowest BCUT2D eigenvalue weighted by Gasteiger charge is -2.32. The van der Waals surface area contributed by atoms with Crippen molar-refractivity contribution in [2.45, 2.75) is 65.0 Å². The van der Waals surface area contributed by atoms with Gasteiger partial charge in [-0.1, -0.05) is 26.7 Å². The van der Waals surface area contributed by atoms with Gasteiger partial charge in [0.2, 0.25) is 0 Å². The Kier molecular flexibility index (Phi) is 5.77. The maximum atomic E-state index is 11.3. The average Bonchev–Trinajstić information content (AvgIpc) is 2.03. The third kappa shape index (κ3) is 3.66. The second kappa shape index (κ2) is 6.02. The zero-order valence-electron chi connectivity index (χ0n) is 9.76. The van der Waals surface area contributed by atoms with Crippen LogP contribution in [0.1, 0.15) is 53.4 Å². The molecule has 0 bridgehead atoms. The Morgan fingerprint density at radius 1 is 1.29 bits per heavy atom. The monoisotopic (exact) mass is 201 g/mol. The Balaban J connectivity index is 4.64. The first-order chi connectivity index (χ1) is 6.48. The predicted molar refractivity (Wildman–Crippen MR) is 58.5 cm³/mol. The quantitative estimate of drug-likeness (QED) is 0.665. The summed E-state index contributed by atoms with van der Waals surface area (Å²) in [6, 6.07) is 0.212. The number of carbonyl (C=O) groups is 1. The van der Waals surface area contributed by atoms with E-state index in [0.717, 1.165) is 12.8 Å². The molecule has 3 nitrogen and oxygen atoms in total. The van der Waals surface area contributed by atoms with Gasteiger partial charge in [0.05, 0.1) is 0 Å². The minimum atomic E-state index is -0.713. The molecule has 0 rings (SSSR count). The van der Waals surface area contributed by atoms with Gasteiger partial charge in [-0.25, -0.2) is 0 Å². The standard InChI is InChI=1S/C11H23NO2/c1-5-7-11(8-6-2,10(13)14)12-9(3)4/h9,12H,5-8H2,1-4H3,(H,13,14). The molecule has 0 radical (unpaired) electrons. The van der Waals surface area contributed by atoms with Crippen LogP contribution in [0.15, 0.2) is 0 Å². The molecule has 0 aromatic carbocycles. The van der Waals surface area contributed by atoms with E-state index >= 15 is 0 Å². The maximum absolute atomic E-state index is 11.3. The van der Waals surface area contributed by atoms with Crippen molar-refractivity contribution in [3.05, 3.63) is 0 Å². The lowest BCUT2D eigenvalue weighted by atomic mass is 9.88. The summed E-state index contributed by atoms with van der Waals surface area (Å²) in [6.45, 7) is 8.02. The van der Waals surface area contributed by atoms with E-state index in [0.29, 0.717) is 12.8 Å². The number of carboxylic acids is 1. The summed E-state index contributed by atoms with van der Waals surface area (Å²) in [5.41, 5.74) is -0.711. The first kappa shape index (κ1) is 13.4. The van der Waals surface area contributed by atoms with Crippen LogP contribution in [0, 0.1) is 0 Å². The van der Waals surface area contributed by atoms with Crippen molar-refractivity contribution < 1.29 is 9.90 Å². The second-order valence-electron chi connectivity index (χ2n) is 4.19. The number of hydrogen-bond donors (Lipinski definition) is 2. The molecule has 0 fully saturated rings. The fourth-order valence-electron chi connectivity index (χ4n) is 1.95. The van der Waals surface area contributed by atoms with Crippen molar-refractivity contribution in [2.24, 2.45) is 0 Å². The summed E-state index contributed by atoms with van der Waals surface area (Å²) in [6.07, 6.45) is 3.20. The normalized spacial score (nSPS) is 12.1. The van der Waals surface area contributed by atoms with Crippen LogP contribution in [-0.2, 0) is 4.79 Å². The summed E-state index contributed by atoms with van der Waals surface area (Å²) in [5, 5.41) is 12.5. The molecule has 0 amide bonds. The lowest BCUT2D eigenvalue weighted by molar-refractivity contribution is -0.146. The number of nitrogens with one attached hydrogen (secondary N) is 1. The van der Waals surface area contributed by atoms with Crippen molar-refractivity contribution in [1.29, 1.82) is 0 Å². The fraction of sp³-hybridized carbons (Fsp3) is 0.909. The van der Waals surface area contributed by atoms with E-state index in [1.165, 1.54) is 0 Å². The van der Waals surface area contributed by atoms with E-state index in [-0.39, 0.29) is 6.04 Å². The Hall–Kier alpha value is -0.570. The highest BCUT2D eigenvalue weighted by atomic mass is 16.4. The molecule has 0 saturated heterocycles. The first-order valence-corrected chi connectivity index (χ1v) is 5.49. The molecule has 84 valence electrons. The van der Waals surface area contributed by atoms with Gasteiger partial charge in [-0.05, 0) is 26.7 Å².